The van der Waals surface area contributed by atoms with Crippen LogP contribution >= 0.6 is 0 Å². The number of aliphatic hydroxyl groups is 1. The van der Waals surface area contributed by atoms with E-state index in [2.05, 4.69) is 19.2 Å². The molecular formula is C15H23NO2. The lowest BCUT2D eigenvalue weighted by Gasteiger charge is -2.31. The molecule has 3 N–H and O–H groups in total. The molecule has 2 rings (SSSR count). The molecule has 0 bridgehead atoms. The Hall–Kier alpha value is -1.06. The number of nitrogens with one attached hydrogen (secondary N) is 1. The fraction of sp³-hybridized carbons (Fsp3) is 0.600. The molecule has 100 valence electrons. The molecule has 0 saturated heterocycles. The van der Waals surface area contributed by atoms with Gasteiger partial charge in [-0.05, 0) is 48.4 Å². The summed E-state index contributed by atoms with van der Waals surface area (Å²) >= 11 is 0. The van der Waals surface area contributed by atoms with Crippen molar-refractivity contribution < 1.29 is 10.2 Å². The predicted molar refractivity (Wildman–Crippen MR) is 72.6 cm³/mol. The lowest BCUT2D eigenvalue weighted by molar-refractivity contribution is 0.194. The summed E-state index contributed by atoms with van der Waals surface area (Å²) in [5.41, 5.74) is 2.51. The van der Waals surface area contributed by atoms with Gasteiger partial charge in [-0.25, -0.2) is 0 Å². The van der Waals surface area contributed by atoms with Crippen molar-refractivity contribution in [3.05, 3.63) is 29.3 Å². The van der Waals surface area contributed by atoms with Crippen molar-refractivity contribution in [2.45, 2.75) is 45.2 Å². The average molecular weight is 249 g/mol. The van der Waals surface area contributed by atoms with Gasteiger partial charge in [0.05, 0.1) is 6.61 Å². The topological polar surface area (TPSA) is 52.5 Å². The average Bonchev–Trinajstić information content (AvgIpc) is 2.35. The number of fused-ring (bicyclic) bond motifs is 1. The molecule has 3 heteroatoms. The highest BCUT2D eigenvalue weighted by atomic mass is 16.3. The van der Waals surface area contributed by atoms with Crippen LogP contribution in [0.15, 0.2) is 18.2 Å². The van der Waals surface area contributed by atoms with Gasteiger partial charge in [-0.2, -0.15) is 0 Å². The normalized spacial score (nSPS) is 20.8. The van der Waals surface area contributed by atoms with E-state index in [1.165, 1.54) is 11.1 Å². The van der Waals surface area contributed by atoms with Gasteiger partial charge in [-0.1, -0.05) is 19.9 Å². The zero-order valence-corrected chi connectivity index (χ0v) is 11.2. The zero-order valence-electron chi connectivity index (χ0n) is 11.2. The third-order valence-corrected chi connectivity index (χ3v) is 3.86. The first kappa shape index (κ1) is 13.4. The summed E-state index contributed by atoms with van der Waals surface area (Å²) in [6, 6.07) is 6.00. The van der Waals surface area contributed by atoms with Crippen molar-refractivity contribution in [3.8, 4) is 5.75 Å². The van der Waals surface area contributed by atoms with Crippen LogP contribution in [0.5, 0.6) is 5.75 Å². The zero-order chi connectivity index (χ0) is 13.1. The third kappa shape index (κ3) is 2.85. The fourth-order valence-electron chi connectivity index (χ4n) is 2.67. The second-order valence-corrected chi connectivity index (χ2v) is 5.53. The van der Waals surface area contributed by atoms with Gasteiger partial charge < -0.3 is 15.5 Å². The number of aliphatic hydroxyl groups excluding tert-OH is 1. The molecule has 0 fully saturated rings. The highest BCUT2D eigenvalue weighted by Crippen LogP contribution is 2.32. The number of rotatable bonds is 4. The van der Waals surface area contributed by atoms with Crippen molar-refractivity contribution in [2.75, 3.05) is 6.61 Å². The van der Waals surface area contributed by atoms with Crippen molar-refractivity contribution in [2.24, 2.45) is 5.92 Å². The first-order chi connectivity index (χ1) is 8.61. The number of aromatic hydroxyl groups is 1. The van der Waals surface area contributed by atoms with Crippen LogP contribution in [0.2, 0.25) is 0 Å². The highest BCUT2D eigenvalue weighted by Gasteiger charge is 2.24. The molecule has 18 heavy (non-hydrogen) atoms. The summed E-state index contributed by atoms with van der Waals surface area (Å²) in [5, 5.41) is 22.6. The van der Waals surface area contributed by atoms with Gasteiger partial charge in [0.25, 0.3) is 0 Å². The summed E-state index contributed by atoms with van der Waals surface area (Å²) < 4.78 is 0. The molecule has 0 aliphatic heterocycles. The van der Waals surface area contributed by atoms with E-state index in [0.29, 0.717) is 11.7 Å². The molecule has 0 spiro atoms. The van der Waals surface area contributed by atoms with Gasteiger partial charge in [0.15, 0.2) is 0 Å². The van der Waals surface area contributed by atoms with Gasteiger partial charge >= 0.3 is 0 Å². The van der Waals surface area contributed by atoms with Crippen molar-refractivity contribution in [1.82, 2.24) is 5.32 Å². The minimum Gasteiger partial charge on any atom is -0.508 e. The minimum absolute atomic E-state index is 0.114. The molecule has 1 aromatic rings. The summed E-state index contributed by atoms with van der Waals surface area (Å²) in [7, 11) is 0. The fourth-order valence-corrected chi connectivity index (χ4v) is 2.67. The van der Waals surface area contributed by atoms with Crippen LogP contribution in [0.4, 0.5) is 0 Å². The number of hydrogen-bond donors (Lipinski definition) is 3. The maximum absolute atomic E-state index is 9.63. The van der Waals surface area contributed by atoms with E-state index < -0.39 is 0 Å². The summed E-state index contributed by atoms with van der Waals surface area (Å²) in [6.07, 6.45) is 3.31. The lowest BCUT2D eigenvalue weighted by Crippen LogP contribution is -2.40. The molecule has 0 radical (unpaired) electrons. The Labute approximate surface area is 109 Å². The second-order valence-electron chi connectivity index (χ2n) is 5.53. The molecule has 1 aliphatic carbocycles. The summed E-state index contributed by atoms with van der Waals surface area (Å²) in [5.74, 6) is 0.727. The molecular weight excluding hydrogens is 226 g/mol. The summed E-state index contributed by atoms with van der Waals surface area (Å²) in [6.45, 7) is 4.38. The van der Waals surface area contributed by atoms with Crippen LogP contribution in [0, 0.1) is 5.92 Å². The van der Waals surface area contributed by atoms with E-state index in [4.69, 9.17) is 0 Å². The third-order valence-electron chi connectivity index (χ3n) is 3.86. The van der Waals surface area contributed by atoms with Gasteiger partial charge in [-0.3, -0.25) is 0 Å². The molecule has 0 amide bonds. The van der Waals surface area contributed by atoms with Crippen molar-refractivity contribution in [1.29, 1.82) is 0 Å². The molecule has 1 aliphatic rings. The van der Waals surface area contributed by atoms with Crippen LogP contribution in [0.25, 0.3) is 0 Å². The second kappa shape index (κ2) is 5.72. The Balaban J connectivity index is 2.19. The first-order valence-electron chi connectivity index (χ1n) is 6.80. The smallest absolute Gasteiger partial charge is 0.115 e. The van der Waals surface area contributed by atoms with Gasteiger partial charge in [0, 0.05) is 12.1 Å². The van der Waals surface area contributed by atoms with Crippen LogP contribution in [0.1, 0.15) is 43.9 Å². The van der Waals surface area contributed by atoms with Gasteiger partial charge in [0.1, 0.15) is 5.75 Å². The molecule has 1 aromatic carbocycles. The van der Waals surface area contributed by atoms with Crippen molar-refractivity contribution in [3.63, 3.8) is 0 Å². The Morgan fingerprint density at radius 2 is 2.17 bits per heavy atom. The number of phenols is 1. The largest absolute Gasteiger partial charge is 0.508 e. The Morgan fingerprint density at radius 1 is 1.39 bits per heavy atom. The highest BCUT2D eigenvalue weighted by molar-refractivity contribution is 5.38. The van der Waals surface area contributed by atoms with Crippen LogP contribution in [-0.2, 0) is 6.42 Å². The Bertz CT molecular complexity index is 403. The van der Waals surface area contributed by atoms with Crippen LogP contribution < -0.4 is 5.32 Å². The lowest BCUT2D eigenvalue weighted by atomic mass is 9.86. The predicted octanol–water partition coefficient (Wildman–Crippen LogP) is 2.38. The van der Waals surface area contributed by atoms with E-state index in [0.717, 1.165) is 19.3 Å². The molecule has 0 aromatic heterocycles. The summed E-state index contributed by atoms with van der Waals surface area (Å²) in [4.78, 5) is 0. The maximum atomic E-state index is 9.63. The number of hydrogen-bond acceptors (Lipinski definition) is 3. The standard InChI is InChI=1S/C15H23NO2/c1-10(2)15(9-17)16-14-5-3-4-11-6-7-12(18)8-13(11)14/h6-8,10,14-18H,3-5,9H2,1-2H3. The maximum Gasteiger partial charge on any atom is 0.115 e. The van der Waals surface area contributed by atoms with E-state index in [1.54, 1.807) is 6.07 Å². The Kier molecular flexibility index (Phi) is 4.25. The van der Waals surface area contributed by atoms with Crippen LogP contribution in [0.3, 0.4) is 0 Å². The van der Waals surface area contributed by atoms with Gasteiger partial charge in [-0.15, -0.1) is 0 Å². The molecule has 2 unspecified atom stereocenters. The van der Waals surface area contributed by atoms with E-state index in [-0.39, 0.29) is 18.7 Å². The minimum atomic E-state index is 0.114. The number of benzene rings is 1. The first-order valence-corrected chi connectivity index (χ1v) is 6.80. The molecule has 2 atom stereocenters. The number of phenolic OH excluding ortho intramolecular Hbond substituents is 1. The quantitative estimate of drug-likeness (QED) is 0.768. The van der Waals surface area contributed by atoms with Crippen LogP contribution in [-0.4, -0.2) is 22.9 Å². The van der Waals surface area contributed by atoms with Crippen molar-refractivity contribution >= 4 is 0 Å². The SMILES string of the molecule is CC(C)C(CO)NC1CCCc2ccc(O)cc21. The molecule has 3 nitrogen and oxygen atoms in total. The monoisotopic (exact) mass is 249 g/mol. The van der Waals surface area contributed by atoms with E-state index >= 15 is 0 Å². The van der Waals surface area contributed by atoms with E-state index in [9.17, 15) is 10.2 Å². The molecule has 0 heterocycles. The number of aryl methyl sites for hydroxylation is 1. The Morgan fingerprint density at radius 3 is 2.83 bits per heavy atom. The van der Waals surface area contributed by atoms with E-state index in [1.807, 2.05) is 12.1 Å². The van der Waals surface area contributed by atoms with Gasteiger partial charge in [0.2, 0.25) is 0 Å². The molecule has 0 saturated carbocycles.